The Hall–Kier alpha value is -1.14. The van der Waals surface area contributed by atoms with Gasteiger partial charge in [0.05, 0.1) is 6.33 Å². The number of aromatic amines is 1. The molecule has 2 rings (SSSR count). The van der Waals surface area contributed by atoms with Gasteiger partial charge in [-0.1, -0.05) is 13.8 Å². The molecule has 2 aromatic rings. The number of H-pyrrole nitrogens is 1. The summed E-state index contributed by atoms with van der Waals surface area (Å²) in [7, 11) is 0. The van der Waals surface area contributed by atoms with Gasteiger partial charge < -0.3 is 10.3 Å². The van der Waals surface area contributed by atoms with Gasteiger partial charge in [0.15, 0.2) is 5.65 Å². The fourth-order valence-corrected chi connectivity index (χ4v) is 3.07. The predicted molar refractivity (Wildman–Crippen MR) is 84.0 cm³/mol. The Labute approximate surface area is 124 Å². The van der Waals surface area contributed by atoms with Crippen molar-refractivity contribution in [1.29, 1.82) is 0 Å². The minimum Gasteiger partial charge on any atom is -0.341 e. The van der Waals surface area contributed by atoms with E-state index in [1.165, 1.54) is 25.7 Å². The van der Waals surface area contributed by atoms with Crippen LogP contribution in [0.5, 0.6) is 0 Å². The van der Waals surface area contributed by atoms with E-state index in [1.54, 1.807) is 24.4 Å². The highest BCUT2D eigenvalue weighted by Gasteiger charge is 2.08. The second-order valence-electron chi connectivity index (χ2n) is 4.83. The summed E-state index contributed by atoms with van der Waals surface area (Å²) >= 11 is 1.78. The highest BCUT2D eigenvalue weighted by atomic mass is 32.2. The van der Waals surface area contributed by atoms with Crippen LogP contribution in [0.4, 0.5) is 0 Å². The van der Waals surface area contributed by atoms with E-state index in [4.69, 9.17) is 0 Å². The summed E-state index contributed by atoms with van der Waals surface area (Å²) in [5.41, 5.74) is 1.70. The minimum absolute atomic E-state index is 0.646. The summed E-state index contributed by atoms with van der Waals surface area (Å²) in [5.74, 6) is 1.08. The number of nitrogens with zero attached hydrogens (tertiary/aromatic N) is 3. The Morgan fingerprint density at radius 2 is 2.20 bits per heavy atom. The van der Waals surface area contributed by atoms with Gasteiger partial charge in [-0.15, -0.1) is 11.8 Å². The first-order valence-electron chi connectivity index (χ1n) is 7.35. The molecule has 0 aromatic carbocycles. The summed E-state index contributed by atoms with van der Waals surface area (Å²) in [4.78, 5) is 15.7. The molecule has 0 amide bonds. The second-order valence-corrected chi connectivity index (χ2v) is 5.91. The standard InChI is InChI=1S/C14H23N5S/c1-3-7-15-11(4-2)6-5-8-20-14-12-13(17-9-16-12)18-10-19-14/h9-11,15H,3-8H2,1-2H3,(H,16,17,18,19). The van der Waals surface area contributed by atoms with Crippen molar-refractivity contribution >= 4 is 22.9 Å². The lowest BCUT2D eigenvalue weighted by Crippen LogP contribution is -2.29. The summed E-state index contributed by atoms with van der Waals surface area (Å²) in [5, 5.41) is 4.59. The SMILES string of the molecule is CCCNC(CC)CCCSc1ncnc2nc[nH]c12. The second kappa shape index (κ2) is 8.21. The molecule has 1 unspecified atom stereocenters. The van der Waals surface area contributed by atoms with Crippen LogP contribution in [0.15, 0.2) is 17.7 Å². The highest BCUT2D eigenvalue weighted by molar-refractivity contribution is 7.99. The van der Waals surface area contributed by atoms with Gasteiger partial charge in [-0.25, -0.2) is 15.0 Å². The smallest absolute Gasteiger partial charge is 0.181 e. The molecule has 0 fully saturated rings. The molecule has 2 heterocycles. The molecular formula is C14H23N5S. The fraction of sp³-hybridized carbons (Fsp3) is 0.643. The van der Waals surface area contributed by atoms with Crippen LogP contribution in [0.3, 0.4) is 0 Å². The van der Waals surface area contributed by atoms with Gasteiger partial charge in [0.25, 0.3) is 0 Å². The number of thioether (sulfide) groups is 1. The Kier molecular flexibility index (Phi) is 6.26. The summed E-state index contributed by atoms with van der Waals surface area (Å²) in [6.45, 7) is 5.58. The van der Waals surface area contributed by atoms with Crippen LogP contribution in [0.1, 0.15) is 39.5 Å². The third kappa shape index (κ3) is 4.18. The van der Waals surface area contributed by atoms with E-state index in [-0.39, 0.29) is 0 Å². The quantitative estimate of drug-likeness (QED) is 0.422. The van der Waals surface area contributed by atoms with E-state index in [0.29, 0.717) is 6.04 Å². The molecule has 1 atom stereocenters. The fourth-order valence-electron chi connectivity index (χ4n) is 2.15. The van der Waals surface area contributed by atoms with Crippen molar-refractivity contribution in [2.24, 2.45) is 0 Å². The Morgan fingerprint density at radius 3 is 3.00 bits per heavy atom. The van der Waals surface area contributed by atoms with Crippen LogP contribution in [-0.2, 0) is 0 Å². The average Bonchev–Trinajstić information content (AvgIpc) is 2.95. The number of nitrogens with one attached hydrogen (secondary N) is 2. The van der Waals surface area contributed by atoms with Gasteiger partial charge in [0.2, 0.25) is 0 Å². The minimum atomic E-state index is 0.646. The molecule has 0 radical (unpaired) electrons. The monoisotopic (exact) mass is 293 g/mol. The first-order valence-corrected chi connectivity index (χ1v) is 8.34. The molecule has 2 aromatic heterocycles. The molecule has 6 heteroatoms. The van der Waals surface area contributed by atoms with Gasteiger partial charge in [-0.2, -0.15) is 0 Å². The van der Waals surface area contributed by atoms with Crippen LogP contribution in [-0.4, -0.2) is 38.3 Å². The van der Waals surface area contributed by atoms with E-state index in [1.807, 2.05) is 0 Å². The van der Waals surface area contributed by atoms with Crippen molar-refractivity contribution in [3.8, 4) is 0 Å². The van der Waals surface area contributed by atoms with Crippen LogP contribution >= 0.6 is 11.8 Å². The number of aromatic nitrogens is 4. The van der Waals surface area contributed by atoms with Gasteiger partial charge in [0.1, 0.15) is 16.9 Å². The zero-order valence-corrected chi connectivity index (χ0v) is 13.0. The number of rotatable bonds is 9. The summed E-state index contributed by atoms with van der Waals surface area (Å²) in [6.07, 6.45) is 8.07. The zero-order valence-electron chi connectivity index (χ0n) is 12.2. The largest absolute Gasteiger partial charge is 0.341 e. The summed E-state index contributed by atoms with van der Waals surface area (Å²) < 4.78 is 0. The Morgan fingerprint density at radius 1 is 1.30 bits per heavy atom. The molecule has 0 saturated heterocycles. The molecular weight excluding hydrogens is 270 g/mol. The van der Waals surface area contributed by atoms with Crippen molar-refractivity contribution in [1.82, 2.24) is 25.3 Å². The highest BCUT2D eigenvalue weighted by Crippen LogP contribution is 2.23. The van der Waals surface area contributed by atoms with Gasteiger partial charge >= 0.3 is 0 Å². The number of hydrogen-bond acceptors (Lipinski definition) is 5. The van der Waals surface area contributed by atoms with Crippen molar-refractivity contribution in [2.75, 3.05) is 12.3 Å². The molecule has 0 aliphatic carbocycles. The summed E-state index contributed by atoms with van der Waals surface area (Å²) in [6, 6.07) is 0.646. The van der Waals surface area contributed by atoms with E-state index < -0.39 is 0 Å². The normalized spacial score (nSPS) is 12.9. The third-order valence-electron chi connectivity index (χ3n) is 3.30. The predicted octanol–water partition coefficient (Wildman–Crippen LogP) is 3.00. The zero-order chi connectivity index (χ0) is 14.2. The van der Waals surface area contributed by atoms with E-state index >= 15 is 0 Å². The van der Waals surface area contributed by atoms with E-state index in [0.717, 1.165) is 28.5 Å². The first kappa shape index (κ1) is 15.3. The maximum Gasteiger partial charge on any atom is 0.181 e. The molecule has 0 saturated carbocycles. The van der Waals surface area contributed by atoms with Crippen LogP contribution in [0.25, 0.3) is 11.2 Å². The topological polar surface area (TPSA) is 66.5 Å². The van der Waals surface area contributed by atoms with Crippen molar-refractivity contribution in [2.45, 2.75) is 50.6 Å². The molecule has 0 aliphatic rings. The molecule has 0 aliphatic heterocycles. The number of fused-ring (bicyclic) bond motifs is 1. The Balaban J connectivity index is 1.77. The van der Waals surface area contributed by atoms with Crippen LogP contribution in [0, 0.1) is 0 Å². The lowest BCUT2D eigenvalue weighted by molar-refractivity contribution is 0.465. The van der Waals surface area contributed by atoms with Crippen LogP contribution in [0.2, 0.25) is 0 Å². The molecule has 0 bridgehead atoms. The average molecular weight is 293 g/mol. The van der Waals surface area contributed by atoms with Crippen molar-refractivity contribution in [3.63, 3.8) is 0 Å². The lowest BCUT2D eigenvalue weighted by atomic mass is 10.1. The van der Waals surface area contributed by atoms with E-state index in [9.17, 15) is 0 Å². The molecule has 5 nitrogen and oxygen atoms in total. The molecule has 0 spiro atoms. The Bertz CT molecular complexity index is 513. The van der Waals surface area contributed by atoms with Crippen molar-refractivity contribution in [3.05, 3.63) is 12.7 Å². The maximum atomic E-state index is 4.33. The van der Waals surface area contributed by atoms with Crippen LogP contribution < -0.4 is 5.32 Å². The molecule has 2 N–H and O–H groups in total. The lowest BCUT2D eigenvalue weighted by Gasteiger charge is -2.15. The maximum absolute atomic E-state index is 4.33. The van der Waals surface area contributed by atoms with Gasteiger partial charge in [-0.3, -0.25) is 0 Å². The van der Waals surface area contributed by atoms with E-state index in [2.05, 4.69) is 39.1 Å². The molecule has 20 heavy (non-hydrogen) atoms. The first-order chi connectivity index (χ1) is 9.85. The van der Waals surface area contributed by atoms with Gasteiger partial charge in [0, 0.05) is 6.04 Å². The van der Waals surface area contributed by atoms with Gasteiger partial charge in [-0.05, 0) is 38.0 Å². The third-order valence-corrected chi connectivity index (χ3v) is 4.38. The number of imidazole rings is 1. The number of hydrogen-bond donors (Lipinski definition) is 2. The van der Waals surface area contributed by atoms with Crippen molar-refractivity contribution < 1.29 is 0 Å². The molecule has 110 valence electrons.